The summed E-state index contributed by atoms with van der Waals surface area (Å²) in [5.41, 5.74) is 0.908. The van der Waals surface area contributed by atoms with Gasteiger partial charge in [0.25, 0.3) is 0 Å². The minimum Gasteiger partial charge on any atom is -0.496 e. The first-order valence-electron chi connectivity index (χ1n) is 10.3. The third-order valence-electron chi connectivity index (χ3n) is 5.11. The zero-order valence-electron chi connectivity index (χ0n) is 18.9. The summed E-state index contributed by atoms with van der Waals surface area (Å²) < 4.78 is 16.3. The SMILES string of the molecule is CCNC(=NCc1cc(OC)c(OC)cc1OC)NC1CCN(c2ncccc2Cl)C1.I. The molecule has 0 aliphatic carbocycles. The number of nitrogens with one attached hydrogen (secondary N) is 2. The normalized spacial score (nSPS) is 15.7. The van der Waals surface area contributed by atoms with Crippen molar-refractivity contribution in [2.45, 2.75) is 25.9 Å². The fourth-order valence-electron chi connectivity index (χ4n) is 3.57. The van der Waals surface area contributed by atoms with Crippen molar-refractivity contribution in [2.24, 2.45) is 4.99 Å². The van der Waals surface area contributed by atoms with Gasteiger partial charge < -0.3 is 29.7 Å². The lowest BCUT2D eigenvalue weighted by molar-refractivity contribution is 0.347. The number of ether oxygens (including phenoxy) is 3. The quantitative estimate of drug-likeness (QED) is 0.282. The van der Waals surface area contributed by atoms with Crippen LogP contribution in [0.4, 0.5) is 5.82 Å². The smallest absolute Gasteiger partial charge is 0.191 e. The van der Waals surface area contributed by atoms with Crippen molar-refractivity contribution in [1.29, 1.82) is 0 Å². The van der Waals surface area contributed by atoms with Gasteiger partial charge in [0.15, 0.2) is 17.5 Å². The van der Waals surface area contributed by atoms with E-state index in [0.29, 0.717) is 28.8 Å². The molecule has 0 saturated carbocycles. The van der Waals surface area contributed by atoms with E-state index in [1.54, 1.807) is 27.5 Å². The van der Waals surface area contributed by atoms with E-state index in [2.05, 4.69) is 20.5 Å². The summed E-state index contributed by atoms with van der Waals surface area (Å²) in [6.07, 6.45) is 2.74. The molecule has 8 nitrogen and oxygen atoms in total. The summed E-state index contributed by atoms with van der Waals surface area (Å²) >= 11 is 6.31. The summed E-state index contributed by atoms with van der Waals surface area (Å²) in [6.45, 7) is 4.93. The van der Waals surface area contributed by atoms with Crippen LogP contribution in [0, 0.1) is 0 Å². The lowest BCUT2D eigenvalue weighted by Gasteiger charge is -2.20. The lowest BCUT2D eigenvalue weighted by Crippen LogP contribution is -2.44. The van der Waals surface area contributed by atoms with Gasteiger partial charge in [-0.1, -0.05) is 11.6 Å². The van der Waals surface area contributed by atoms with Crippen molar-refractivity contribution in [3.05, 3.63) is 41.0 Å². The van der Waals surface area contributed by atoms with E-state index < -0.39 is 0 Å². The van der Waals surface area contributed by atoms with Gasteiger partial charge in [0.2, 0.25) is 0 Å². The summed E-state index contributed by atoms with van der Waals surface area (Å²) in [6, 6.07) is 7.66. The number of rotatable bonds is 8. The number of benzene rings is 1. The number of pyridine rings is 1. The second kappa shape index (κ2) is 12.8. The van der Waals surface area contributed by atoms with Crippen LogP contribution in [0.1, 0.15) is 18.9 Å². The van der Waals surface area contributed by atoms with Crippen molar-refractivity contribution in [1.82, 2.24) is 15.6 Å². The summed E-state index contributed by atoms with van der Waals surface area (Å²) in [4.78, 5) is 11.4. The van der Waals surface area contributed by atoms with E-state index in [0.717, 1.165) is 43.4 Å². The van der Waals surface area contributed by atoms with Gasteiger partial charge in [0, 0.05) is 43.5 Å². The molecule has 1 aromatic heterocycles. The molecule has 2 N–H and O–H groups in total. The first-order valence-corrected chi connectivity index (χ1v) is 10.7. The average Bonchev–Trinajstić information content (AvgIpc) is 3.25. The van der Waals surface area contributed by atoms with E-state index in [1.807, 2.05) is 31.2 Å². The maximum Gasteiger partial charge on any atom is 0.191 e. The van der Waals surface area contributed by atoms with Crippen LogP contribution in [0.3, 0.4) is 0 Å². The van der Waals surface area contributed by atoms with E-state index in [4.69, 9.17) is 30.8 Å². The number of hydrogen-bond acceptors (Lipinski definition) is 6. The fourth-order valence-corrected chi connectivity index (χ4v) is 3.82. The number of aliphatic imine (C=N–C) groups is 1. The molecule has 2 heterocycles. The average molecular weight is 576 g/mol. The van der Waals surface area contributed by atoms with E-state index >= 15 is 0 Å². The van der Waals surface area contributed by atoms with Crippen LogP contribution in [0.25, 0.3) is 0 Å². The molecule has 1 unspecified atom stereocenters. The van der Waals surface area contributed by atoms with Gasteiger partial charge in [-0.25, -0.2) is 9.98 Å². The van der Waals surface area contributed by atoms with Crippen molar-refractivity contribution in [2.75, 3.05) is 45.9 Å². The minimum absolute atomic E-state index is 0. The predicted octanol–water partition coefficient (Wildman–Crippen LogP) is 3.71. The molecule has 10 heteroatoms. The fraction of sp³-hybridized carbons (Fsp3) is 0.455. The number of anilines is 1. The van der Waals surface area contributed by atoms with Gasteiger partial charge in [0.05, 0.1) is 32.9 Å². The molecule has 3 rings (SSSR count). The minimum atomic E-state index is 0. The second-order valence-corrected chi connectivity index (χ2v) is 7.51. The standard InChI is InChI=1S/C22H30ClN5O3.HI/c1-5-24-22(26-13-15-11-19(30-3)20(31-4)12-18(15)29-2)27-16-8-10-28(14-16)21-17(23)7-6-9-25-21;/h6-7,9,11-12,16H,5,8,10,13-14H2,1-4H3,(H2,24,26,27);1H. The van der Waals surface area contributed by atoms with Gasteiger partial charge in [0.1, 0.15) is 11.6 Å². The number of nitrogens with zero attached hydrogens (tertiary/aromatic N) is 3. The summed E-state index contributed by atoms with van der Waals surface area (Å²) in [5, 5.41) is 7.51. The highest BCUT2D eigenvalue weighted by atomic mass is 127. The van der Waals surface area contributed by atoms with Crippen LogP contribution in [-0.2, 0) is 6.54 Å². The van der Waals surface area contributed by atoms with Gasteiger partial charge in [-0.05, 0) is 31.5 Å². The summed E-state index contributed by atoms with van der Waals surface area (Å²) in [5.74, 6) is 3.54. The highest BCUT2D eigenvalue weighted by molar-refractivity contribution is 14.0. The monoisotopic (exact) mass is 575 g/mol. The number of halogens is 2. The Morgan fingerprint density at radius 3 is 2.56 bits per heavy atom. The third-order valence-corrected chi connectivity index (χ3v) is 5.40. The molecule has 0 bridgehead atoms. The molecule has 32 heavy (non-hydrogen) atoms. The second-order valence-electron chi connectivity index (χ2n) is 7.10. The van der Waals surface area contributed by atoms with E-state index in [9.17, 15) is 0 Å². The lowest BCUT2D eigenvalue weighted by atomic mass is 10.1. The number of methoxy groups -OCH3 is 3. The predicted molar refractivity (Wildman–Crippen MR) is 139 cm³/mol. The Kier molecular flexibility index (Phi) is 10.4. The van der Waals surface area contributed by atoms with E-state index in [1.165, 1.54) is 0 Å². The van der Waals surface area contributed by atoms with Crippen molar-refractivity contribution in [3.8, 4) is 17.2 Å². The number of hydrogen-bond donors (Lipinski definition) is 2. The molecule has 1 fully saturated rings. The molecular formula is C22H31ClIN5O3. The summed E-state index contributed by atoms with van der Waals surface area (Å²) in [7, 11) is 4.85. The zero-order chi connectivity index (χ0) is 22.2. The first kappa shape index (κ1) is 26.1. The largest absolute Gasteiger partial charge is 0.496 e. The maximum atomic E-state index is 6.31. The topological polar surface area (TPSA) is 80.2 Å². The molecule has 1 atom stereocenters. The Labute approximate surface area is 211 Å². The Morgan fingerprint density at radius 1 is 1.19 bits per heavy atom. The Hall–Kier alpha value is -2.14. The van der Waals surface area contributed by atoms with Gasteiger partial charge >= 0.3 is 0 Å². The first-order chi connectivity index (χ1) is 15.1. The van der Waals surface area contributed by atoms with E-state index in [-0.39, 0.29) is 30.0 Å². The molecule has 1 aliphatic heterocycles. The van der Waals surface area contributed by atoms with Crippen LogP contribution in [0.15, 0.2) is 35.5 Å². The third kappa shape index (κ3) is 6.44. The van der Waals surface area contributed by atoms with Crippen LogP contribution in [-0.4, -0.2) is 57.9 Å². The highest BCUT2D eigenvalue weighted by Gasteiger charge is 2.25. The molecule has 0 amide bonds. The molecule has 176 valence electrons. The number of guanidine groups is 1. The van der Waals surface area contributed by atoms with Crippen LogP contribution in [0.5, 0.6) is 17.2 Å². The highest BCUT2D eigenvalue weighted by Crippen LogP contribution is 2.35. The molecule has 0 spiro atoms. The Morgan fingerprint density at radius 2 is 1.91 bits per heavy atom. The van der Waals surface area contributed by atoms with Gasteiger partial charge in [-0.15, -0.1) is 24.0 Å². The molecule has 1 aliphatic rings. The Bertz CT molecular complexity index is 915. The van der Waals surface area contributed by atoms with Crippen LogP contribution in [0.2, 0.25) is 5.02 Å². The molecule has 0 radical (unpaired) electrons. The number of aromatic nitrogens is 1. The molecule has 1 aromatic carbocycles. The molecular weight excluding hydrogens is 545 g/mol. The Balaban J connectivity index is 0.00000363. The maximum absolute atomic E-state index is 6.31. The van der Waals surface area contributed by atoms with Crippen LogP contribution >= 0.6 is 35.6 Å². The van der Waals surface area contributed by atoms with Crippen molar-refractivity contribution < 1.29 is 14.2 Å². The van der Waals surface area contributed by atoms with Crippen molar-refractivity contribution >= 4 is 47.4 Å². The van der Waals surface area contributed by atoms with Crippen molar-refractivity contribution in [3.63, 3.8) is 0 Å². The van der Waals surface area contributed by atoms with Crippen LogP contribution < -0.4 is 29.7 Å². The van der Waals surface area contributed by atoms with Gasteiger partial charge in [-0.2, -0.15) is 0 Å². The zero-order valence-corrected chi connectivity index (χ0v) is 21.9. The molecule has 1 saturated heterocycles. The van der Waals surface area contributed by atoms with Gasteiger partial charge in [-0.3, -0.25) is 0 Å². The molecule has 2 aromatic rings.